The normalized spacial score (nSPS) is 9.73. The minimum absolute atomic E-state index is 0. The number of aromatic nitrogens is 3. The molecule has 0 atom stereocenters. The van der Waals surface area contributed by atoms with Crippen molar-refractivity contribution in [2.45, 2.75) is 13.3 Å². The van der Waals surface area contributed by atoms with Gasteiger partial charge in [-0.2, -0.15) is 5.10 Å². The average molecular weight is 208 g/mol. The van der Waals surface area contributed by atoms with Gasteiger partial charge in [0.1, 0.15) is 0 Å². The van der Waals surface area contributed by atoms with Crippen molar-refractivity contribution >= 4 is 0 Å². The van der Waals surface area contributed by atoms with Crippen molar-refractivity contribution in [3.05, 3.63) is 42.1 Å². The maximum absolute atomic E-state index is 12.6. The maximum atomic E-state index is 12.6. The van der Waals surface area contributed by atoms with Gasteiger partial charge in [0.05, 0.1) is 12.4 Å². The Kier molecular flexibility index (Phi) is 3.51. The van der Waals surface area contributed by atoms with Gasteiger partial charge in [-0.1, -0.05) is 13.0 Å². The van der Waals surface area contributed by atoms with Gasteiger partial charge in [0, 0.05) is 6.20 Å². The molecule has 0 fully saturated rings. The summed E-state index contributed by atoms with van der Waals surface area (Å²) in [6.45, 7) is 2.06. The van der Waals surface area contributed by atoms with E-state index in [0.29, 0.717) is 5.82 Å². The van der Waals surface area contributed by atoms with E-state index < -0.39 is 0 Å². The number of hydrogen-bond acceptors (Lipinski definition) is 3. The molecule has 0 aromatic carbocycles. The molecule has 2 aromatic heterocycles. The van der Waals surface area contributed by atoms with Gasteiger partial charge >= 0.3 is 0 Å². The second kappa shape index (κ2) is 4.65. The van der Waals surface area contributed by atoms with Crippen LogP contribution < -0.4 is 6.15 Å². The van der Waals surface area contributed by atoms with Gasteiger partial charge in [-0.3, -0.25) is 0 Å². The van der Waals surface area contributed by atoms with E-state index >= 15 is 0 Å². The Hall–Kier alpha value is -1.75. The molecule has 0 saturated carbocycles. The quantitative estimate of drug-likeness (QED) is 0.822. The molecule has 0 bridgehead atoms. The molecule has 0 saturated heterocycles. The largest absolute Gasteiger partial charge is 0.344 e. The average Bonchev–Trinajstić information content (AvgIpc) is 2.65. The molecule has 2 heterocycles. The Bertz CT molecular complexity index is 421. The standard InChI is InChI=1S/C10H10FN3.H3N/c1-2-8-3-4-10(12-5-8)14-7-9(11)6-13-14;/h3-7H,2H2,1H3;1H3. The first-order valence-electron chi connectivity index (χ1n) is 4.45. The second-order valence-electron chi connectivity index (χ2n) is 2.98. The molecule has 0 aliphatic heterocycles. The van der Waals surface area contributed by atoms with Crippen LogP contribution in [-0.4, -0.2) is 14.8 Å². The van der Waals surface area contributed by atoms with E-state index in [4.69, 9.17) is 0 Å². The third-order valence-corrected chi connectivity index (χ3v) is 2.00. The van der Waals surface area contributed by atoms with Gasteiger partial charge < -0.3 is 6.15 Å². The molecule has 2 aromatic rings. The van der Waals surface area contributed by atoms with Gasteiger partial charge in [0.2, 0.25) is 0 Å². The van der Waals surface area contributed by atoms with Crippen LogP contribution in [0.1, 0.15) is 12.5 Å². The van der Waals surface area contributed by atoms with E-state index in [1.54, 1.807) is 6.20 Å². The fourth-order valence-electron chi connectivity index (χ4n) is 1.19. The van der Waals surface area contributed by atoms with E-state index in [9.17, 15) is 4.39 Å². The predicted molar refractivity (Wildman–Crippen MR) is 55.7 cm³/mol. The van der Waals surface area contributed by atoms with E-state index in [1.165, 1.54) is 10.9 Å². The molecular formula is C10H13FN4. The topological polar surface area (TPSA) is 65.7 Å². The molecule has 15 heavy (non-hydrogen) atoms. The van der Waals surface area contributed by atoms with Crippen LogP contribution in [0.2, 0.25) is 0 Å². The van der Waals surface area contributed by atoms with Crippen molar-refractivity contribution < 1.29 is 4.39 Å². The van der Waals surface area contributed by atoms with Crippen LogP contribution in [0.5, 0.6) is 0 Å². The van der Waals surface area contributed by atoms with E-state index in [2.05, 4.69) is 17.0 Å². The minimum Gasteiger partial charge on any atom is -0.344 e. The fourth-order valence-corrected chi connectivity index (χ4v) is 1.19. The highest BCUT2D eigenvalue weighted by Crippen LogP contribution is 2.06. The molecule has 0 amide bonds. The number of rotatable bonds is 2. The third kappa shape index (κ3) is 2.38. The number of nitrogens with zero attached hydrogens (tertiary/aromatic N) is 3. The first kappa shape index (κ1) is 11.3. The first-order valence-corrected chi connectivity index (χ1v) is 4.45. The summed E-state index contributed by atoms with van der Waals surface area (Å²) in [5.74, 6) is 0.275. The molecule has 0 aliphatic carbocycles. The number of aryl methyl sites for hydroxylation is 1. The lowest BCUT2D eigenvalue weighted by Crippen LogP contribution is -1.97. The first-order chi connectivity index (χ1) is 6.79. The molecule has 80 valence electrons. The fraction of sp³-hybridized carbons (Fsp3) is 0.200. The monoisotopic (exact) mass is 208 g/mol. The lowest BCUT2D eigenvalue weighted by molar-refractivity contribution is 0.627. The summed E-state index contributed by atoms with van der Waals surface area (Å²) in [7, 11) is 0. The van der Waals surface area contributed by atoms with Crippen molar-refractivity contribution in [2.75, 3.05) is 0 Å². The van der Waals surface area contributed by atoms with Gasteiger partial charge in [-0.15, -0.1) is 0 Å². The highest BCUT2D eigenvalue weighted by Gasteiger charge is 2.00. The highest BCUT2D eigenvalue weighted by atomic mass is 19.1. The molecule has 0 spiro atoms. The van der Waals surface area contributed by atoms with Crippen LogP contribution in [0.15, 0.2) is 30.7 Å². The molecule has 0 unspecified atom stereocenters. The van der Waals surface area contributed by atoms with Crippen molar-refractivity contribution in [1.82, 2.24) is 20.9 Å². The Morgan fingerprint density at radius 3 is 2.60 bits per heavy atom. The Labute approximate surface area is 87.3 Å². The van der Waals surface area contributed by atoms with Crippen LogP contribution in [0.25, 0.3) is 5.82 Å². The zero-order valence-electron chi connectivity index (χ0n) is 8.52. The van der Waals surface area contributed by atoms with Gasteiger partial charge in [-0.25, -0.2) is 14.1 Å². The van der Waals surface area contributed by atoms with E-state index in [1.807, 2.05) is 12.1 Å². The Morgan fingerprint density at radius 1 is 1.33 bits per heavy atom. The second-order valence-corrected chi connectivity index (χ2v) is 2.98. The van der Waals surface area contributed by atoms with E-state index in [-0.39, 0.29) is 12.0 Å². The zero-order valence-corrected chi connectivity index (χ0v) is 8.52. The van der Waals surface area contributed by atoms with Crippen molar-refractivity contribution in [3.8, 4) is 5.82 Å². The predicted octanol–water partition coefficient (Wildman–Crippen LogP) is 2.13. The summed E-state index contributed by atoms with van der Waals surface area (Å²) in [6, 6.07) is 3.78. The third-order valence-electron chi connectivity index (χ3n) is 2.00. The van der Waals surface area contributed by atoms with Gasteiger partial charge in [0.15, 0.2) is 11.6 Å². The number of hydrogen-bond donors (Lipinski definition) is 1. The molecule has 4 nitrogen and oxygen atoms in total. The van der Waals surface area contributed by atoms with Crippen LogP contribution in [0.4, 0.5) is 4.39 Å². The Morgan fingerprint density at radius 2 is 2.13 bits per heavy atom. The molecule has 0 radical (unpaired) electrons. The smallest absolute Gasteiger partial charge is 0.161 e. The van der Waals surface area contributed by atoms with Crippen molar-refractivity contribution in [2.24, 2.45) is 0 Å². The number of halogens is 1. The van der Waals surface area contributed by atoms with E-state index in [0.717, 1.165) is 18.2 Å². The summed E-state index contributed by atoms with van der Waals surface area (Å²) in [5.41, 5.74) is 1.15. The summed E-state index contributed by atoms with van der Waals surface area (Å²) in [5, 5.41) is 3.82. The minimum atomic E-state index is -0.355. The van der Waals surface area contributed by atoms with Gasteiger partial charge in [-0.05, 0) is 18.1 Å². The zero-order chi connectivity index (χ0) is 9.97. The van der Waals surface area contributed by atoms with Gasteiger partial charge in [0.25, 0.3) is 0 Å². The molecule has 3 N–H and O–H groups in total. The summed E-state index contributed by atoms with van der Waals surface area (Å²) in [6.07, 6.45) is 5.18. The molecular weight excluding hydrogens is 195 g/mol. The lowest BCUT2D eigenvalue weighted by atomic mass is 10.2. The molecule has 5 heteroatoms. The van der Waals surface area contributed by atoms with Crippen LogP contribution in [0.3, 0.4) is 0 Å². The van der Waals surface area contributed by atoms with Crippen LogP contribution in [-0.2, 0) is 6.42 Å². The maximum Gasteiger partial charge on any atom is 0.161 e. The van der Waals surface area contributed by atoms with Crippen LogP contribution >= 0.6 is 0 Å². The van der Waals surface area contributed by atoms with Crippen molar-refractivity contribution in [3.63, 3.8) is 0 Å². The van der Waals surface area contributed by atoms with Crippen molar-refractivity contribution in [1.29, 1.82) is 0 Å². The lowest BCUT2D eigenvalue weighted by Gasteiger charge is -2.00. The van der Waals surface area contributed by atoms with Crippen LogP contribution in [0, 0.1) is 5.82 Å². The SMILES string of the molecule is CCc1ccc(-n2cc(F)cn2)nc1.N. The summed E-state index contributed by atoms with van der Waals surface area (Å²) < 4.78 is 14.1. The number of pyridine rings is 1. The molecule has 2 rings (SSSR count). The summed E-state index contributed by atoms with van der Waals surface area (Å²) in [4.78, 5) is 4.17. The highest BCUT2D eigenvalue weighted by molar-refractivity contribution is 5.24. The summed E-state index contributed by atoms with van der Waals surface area (Å²) >= 11 is 0. The Balaban J connectivity index is 0.00000112. The molecule has 0 aliphatic rings.